The lowest BCUT2D eigenvalue weighted by atomic mass is 10.4. The van der Waals surface area contributed by atoms with Gasteiger partial charge in [-0.15, -0.1) is 0 Å². The molecule has 1 rings (SSSR count). The fraction of sp³-hybridized carbons (Fsp3) is 0.286. The van der Waals surface area contributed by atoms with E-state index in [4.69, 9.17) is 4.74 Å². The van der Waals surface area contributed by atoms with E-state index < -0.39 is 5.97 Å². The Balaban J connectivity index is 3.11. The molecule has 70 valence electrons. The van der Waals surface area contributed by atoms with E-state index in [0.717, 1.165) is 0 Å². The van der Waals surface area contributed by atoms with Crippen molar-refractivity contribution < 1.29 is 14.3 Å². The minimum Gasteiger partial charge on any atom is -0.467 e. The van der Waals surface area contributed by atoms with Crippen LogP contribution in [0.5, 0.6) is 6.01 Å². The van der Waals surface area contributed by atoms with Gasteiger partial charge in [0, 0.05) is 6.20 Å². The smallest absolute Gasteiger partial charge is 0.358 e. The van der Waals surface area contributed by atoms with E-state index in [2.05, 4.69) is 30.6 Å². The van der Waals surface area contributed by atoms with Crippen molar-refractivity contribution in [1.82, 2.24) is 9.97 Å². The van der Waals surface area contributed by atoms with E-state index in [1.54, 1.807) is 0 Å². The summed E-state index contributed by atoms with van der Waals surface area (Å²) in [5.74, 6) is -0.535. The molecule has 0 atom stereocenters. The standard InChI is InChI=1S/C7H7BrN2O3/c1-12-6(11)5-4(8)3-9-7(10-5)13-2/h3H,1-2H3. The lowest BCUT2D eigenvalue weighted by molar-refractivity contribution is 0.0591. The van der Waals surface area contributed by atoms with Gasteiger partial charge in [0.2, 0.25) is 0 Å². The molecule has 0 N–H and O–H groups in total. The first-order chi connectivity index (χ1) is 6.19. The summed E-state index contributed by atoms with van der Waals surface area (Å²) in [6.45, 7) is 0. The largest absolute Gasteiger partial charge is 0.467 e. The molecule has 0 radical (unpaired) electrons. The van der Waals surface area contributed by atoms with Gasteiger partial charge in [0.05, 0.1) is 18.7 Å². The number of nitrogens with zero attached hydrogens (tertiary/aromatic N) is 2. The number of aromatic nitrogens is 2. The molecule has 0 amide bonds. The van der Waals surface area contributed by atoms with Crippen LogP contribution in [0, 0.1) is 0 Å². The van der Waals surface area contributed by atoms with Gasteiger partial charge in [0.1, 0.15) is 0 Å². The van der Waals surface area contributed by atoms with Crippen molar-refractivity contribution in [1.29, 1.82) is 0 Å². The monoisotopic (exact) mass is 246 g/mol. The molecule has 6 heteroatoms. The summed E-state index contributed by atoms with van der Waals surface area (Å²) in [4.78, 5) is 18.7. The van der Waals surface area contributed by atoms with Crippen molar-refractivity contribution >= 4 is 21.9 Å². The minimum absolute atomic E-state index is 0.128. The molecule has 0 saturated carbocycles. The summed E-state index contributed by atoms with van der Waals surface area (Å²) in [5.41, 5.74) is 0.148. The van der Waals surface area contributed by atoms with Crippen LogP contribution < -0.4 is 4.74 Å². The summed E-state index contributed by atoms with van der Waals surface area (Å²) in [7, 11) is 2.70. The Morgan fingerprint density at radius 2 is 2.23 bits per heavy atom. The van der Waals surface area contributed by atoms with E-state index in [0.29, 0.717) is 4.47 Å². The molecule has 0 aliphatic heterocycles. The Labute approximate surface area is 83.2 Å². The van der Waals surface area contributed by atoms with Crippen molar-refractivity contribution in [3.63, 3.8) is 0 Å². The predicted molar refractivity (Wildman–Crippen MR) is 47.6 cm³/mol. The fourth-order valence-corrected chi connectivity index (χ4v) is 1.04. The van der Waals surface area contributed by atoms with Gasteiger partial charge in [-0.3, -0.25) is 0 Å². The highest BCUT2D eigenvalue weighted by molar-refractivity contribution is 9.10. The number of ether oxygens (including phenoxy) is 2. The topological polar surface area (TPSA) is 61.3 Å². The van der Waals surface area contributed by atoms with Crippen LogP contribution in [0.25, 0.3) is 0 Å². The summed E-state index contributed by atoms with van der Waals surface area (Å²) < 4.78 is 9.73. The summed E-state index contributed by atoms with van der Waals surface area (Å²) in [5, 5.41) is 0. The number of carbonyl (C=O) groups is 1. The van der Waals surface area contributed by atoms with Crippen molar-refractivity contribution in [3.8, 4) is 6.01 Å². The molecule has 0 aliphatic rings. The number of hydrogen-bond acceptors (Lipinski definition) is 5. The molecular formula is C7H7BrN2O3. The Morgan fingerprint density at radius 1 is 1.54 bits per heavy atom. The highest BCUT2D eigenvalue weighted by Crippen LogP contribution is 2.16. The molecule has 0 aliphatic carbocycles. The van der Waals surface area contributed by atoms with Crippen LogP contribution in [0.2, 0.25) is 0 Å². The van der Waals surface area contributed by atoms with Crippen LogP contribution in [0.3, 0.4) is 0 Å². The molecule has 13 heavy (non-hydrogen) atoms. The lowest BCUT2D eigenvalue weighted by Gasteiger charge is -2.02. The molecule has 1 heterocycles. The molecule has 0 aromatic carbocycles. The van der Waals surface area contributed by atoms with Crippen LogP contribution >= 0.6 is 15.9 Å². The predicted octanol–water partition coefficient (Wildman–Crippen LogP) is 1.03. The Bertz CT molecular complexity index is 330. The zero-order chi connectivity index (χ0) is 9.84. The Morgan fingerprint density at radius 3 is 2.77 bits per heavy atom. The molecule has 0 bridgehead atoms. The summed E-state index contributed by atoms with van der Waals surface area (Å²) >= 11 is 3.12. The first kappa shape index (κ1) is 9.91. The van der Waals surface area contributed by atoms with Gasteiger partial charge in [-0.2, -0.15) is 4.98 Å². The zero-order valence-electron chi connectivity index (χ0n) is 7.07. The lowest BCUT2D eigenvalue weighted by Crippen LogP contribution is -2.07. The van der Waals surface area contributed by atoms with Crippen LogP contribution in [0.1, 0.15) is 10.5 Å². The van der Waals surface area contributed by atoms with Gasteiger partial charge in [-0.05, 0) is 15.9 Å². The number of carbonyl (C=O) groups excluding carboxylic acids is 1. The van der Waals surface area contributed by atoms with E-state index >= 15 is 0 Å². The van der Waals surface area contributed by atoms with E-state index in [-0.39, 0.29) is 11.7 Å². The van der Waals surface area contributed by atoms with Gasteiger partial charge in [-0.25, -0.2) is 9.78 Å². The molecule has 0 fully saturated rings. The quantitative estimate of drug-likeness (QED) is 0.730. The second kappa shape index (κ2) is 4.18. The first-order valence-electron chi connectivity index (χ1n) is 3.34. The third-order valence-corrected chi connectivity index (χ3v) is 1.86. The SMILES string of the molecule is COC(=O)c1nc(OC)ncc1Br. The maximum absolute atomic E-state index is 11.1. The fourth-order valence-electron chi connectivity index (χ4n) is 0.689. The van der Waals surface area contributed by atoms with Gasteiger partial charge in [0.25, 0.3) is 0 Å². The number of esters is 1. The van der Waals surface area contributed by atoms with Crippen molar-refractivity contribution in [3.05, 3.63) is 16.4 Å². The normalized spacial score (nSPS) is 9.46. The Kier molecular flexibility index (Phi) is 3.18. The number of methoxy groups -OCH3 is 2. The van der Waals surface area contributed by atoms with Gasteiger partial charge in [0.15, 0.2) is 5.69 Å². The minimum atomic E-state index is -0.535. The third-order valence-electron chi connectivity index (χ3n) is 1.28. The maximum atomic E-state index is 11.1. The van der Waals surface area contributed by atoms with Gasteiger partial charge >= 0.3 is 12.0 Å². The summed E-state index contributed by atoms with van der Waals surface area (Å²) in [6.07, 6.45) is 1.43. The first-order valence-corrected chi connectivity index (χ1v) is 4.13. The van der Waals surface area contributed by atoms with Crippen molar-refractivity contribution in [2.45, 2.75) is 0 Å². The maximum Gasteiger partial charge on any atom is 0.358 e. The van der Waals surface area contributed by atoms with E-state index in [1.807, 2.05) is 0 Å². The molecule has 0 unspecified atom stereocenters. The summed E-state index contributed by atoms with van der Waals surface area (Å²) in [6, 6.07) is 0.128. The third kappa shape index (κ3) is 2.15. The number of hydrogen-bond donors (Lipinski definition) is 0. The average Bonchev–Trinajstić information content (AvgIpc) is 2.17. The highest BCUT2D eigenvalue weighted by atomic mass is 79.9. The van der Waals surface area contributed by atoms with Crippen molar-refractivity contribution in [2.75, 3.05) is 14.2 Å². The van der Waals surface area contributed by atoms with Gasteiger partial charge in [-0.1, -0.05) is 0 Å². The molecule has 0 saturated heterocycles. The molecule has 0 spiro atoms. The van der Waals surface area contributed by atoms with Crippen LogP contribution in [0.4, 0.5) is 0 Å². The second-order valence-electron chi connectivity index (χ2n) is 2.04. The van der Waals surface area contributed by atoms with Crippen LogP contribution in [-0.2, 0) is 4.74 Å². The number of halogens is 1. The second-order valence-corrected chi connectivity index (χ2v) is 2.90. The zero-order valence-corrected chi connectivity index (χ0v) is 8.66. The Hall–Kier alpha value is -1.17. The van der Waals surface area contributed by atoms with Crippen molar-refractivity contribution in [2.24, 2.45) is 0 Å². The molecule has 5 nitrogen and oxygen atoms in total. The van der Waals surface area contributed by atoms with Crippen LogP contribution in [-0.4, -0.2) is 30.2 Å². The average molecular weight is 247 g/mol. The van der Waals surface area contributed by atoms with E-state index in [9.17, 15) is 4.79 Å². The number of rotatable bonds is 2. The van der Waals surface area contributed by atoms with Gasteiger partial charge < -0.3 is 9.47 Å². The molecular weight excluding hydrogens is 240 g/mol. The highest BCUT2D eigenvalue weighted by Gasteiger charge is 2.13. The molecule has 1 aromatic rings. The van der Waals surface area contributed by atoms with E-state index in [1.165, 1.54) is 20.4 Å². The molecule has 1 aromatic heterocycles. The van der Waals surface area contributed by atoms with Crippen LogP contribution in [0.15, 0.2) is 10.7 Å².